The zero-order chi connectivity index (χ0) is 9.42. The van der Waals surface area contributed by atoms with Gasteiger partial charge in [-0.3, -0.25) is 0 Å². The average Bonchev–Trinajstić information content (AvgIpc) is 2.08. The molecule has 2 aliphatic rings. The molecule has 0 saturated heterocycles. The first-order chi connectivity index (χ1) is 6.16. The molecule has 0 N–H and O–H groups in total. The minimum absolute atomic E-state index is 0.673. The van der Waals surface area contributed by atoms with Gasteiger partial charge < -0.3 is 4.74 Å². The molecule has 1 heteroatoms. The third kappa shape index (κ3) is 1.65. The molecule has 0 fully saturated rings. The van der Waals surface area contributed by atoms with Crippen LogP contribution in [0, 0.1) is 11.8 Å². The molecule has 0 aromatic heterocycles. The lowest BCUT2D eigenvalue weighted by Gasteiger charge is -2.30. The van der Waals surface area contributed by atoms with Crippen molar-refractivity contribution in [1.82, 2.24) is 0 Å². The van der Waals surface area contributed by atoms with Crippen molar-refractivity contribution in [3.8, 4) is 0 Å². The number of allylic oxidation sites excluding steroid dienone is 4. The molecule has 0 saturated carbocycles. The SMILES string of the molecule is CC1=CC2=C(CC1C)OCC(C)C2. The van der Waals surface area contributed by atoms with E-state index in [1.165, 1.54) is 23.3 Å². The van der Waals surface area contributed by atoms with Crippen molar-refractivity contribution < 1.29 is 4.74 Å². The lowest BCUT2D eigenvalue weighted by Crippen LogP contribution is -2.19. The average molecular weight is 178 g/mol. The van der Waals surface area contributed by atoms with Gasteiger partial charge in [-0.25, -0.2) is 0 Å². The maximum absolute atomic E-state index is 5.75. The molecule has 1 heterocycles. The third-order valence-corrected chi connectivity index (χ3v) is 3.14. The Balaban J connectivity index is 2.24. The molecule has 2 rings (SSSR count). The van der Waals surface area contributed by atoms with Gasteiger partial charge in [0.2, 0.25) is 0 Å². The van der Waals surface area contributed by atoms with Crippen LogP contribution in [0.25, 0.3) is 0 Å². The summed E-state index contributed by atoms with van der Waals surface area (Å²) in [5.41, 5.74) is 2.96. The van der Waals surface area contributed by atoms with Crippen LogP contribution in [-0.4, -0.2) is 6.61 Å². The predicted molar refractivity (Wildman–Crippen MR) is 54.3 cm³/mol. The Morgan fingerprint density at radius 3 is 2.85 bits per heavy atom. The van der Waals surface area contributed by atoms with E-state index in [0.29, 0.717) is 11.8 Å². The van der Waals surface area contributed by atoms with Gasteiger partial charge in [0, 0.05) is 6.42 Å². The maximum atomic E-state index is 5.75. The van der Waals surface area contributed by atoms with Crippen molar-refractivity contribution in [1.29, 1.82) is 0 Å². The van der Waals surface area contributed by atoms with Crippen LogP contribution in [0.5, 0.6) is 0 Å². The van der Waals surface area contributed by atoms with Crippen molar-refractivity contribution in [3.05, 3.63) is 23.0 Å². The second kappa shape index (κ2) is 3.21. The normalized spacial score (nSPS) is 33.6. The first-order valence-corrected chi connectivity index (χ1v) is 5.20. The highest BCUT2D eigenvalue weighted by molar-refractivity contribution is 5.33. The van der Waals surface area contributed by atoms with Crippen molar-refractivity contribution in [2.75, 3.05) is 6.61 Å². The Kier molecular flexibility index (Phi) is 2.19. The molecular weight excluding hydrogens is 160 g/mol. The number of rotatable bonds is 0. The van der Waals surface area contributed by atoms with E-state index in [9.17, 15) is 0 Å². The smallest absolute Gasteiger partial charge is 0.0997 e. The monoisotopic (exact) mass is 178 g/mol. The van der Waals surface area contributed by atoms with Crippen LogP contribution in [-0.2, 0) is 4.74 Å². The maximum Gasteiger partial charge on any atom is 0.0997 e. The minimum Gasteiger partial charge on any atom is -0.497 e. The first-order valence-electron chi connectivity index (χ1n) is 5.20. The van der Waals surface area contributed by atoms with E-state index in [2.05, 4.69) is 26.8 Å². The summed E-state index contributed by atoms with van der Waals surface area (Å²) in [6, 6.07) is 0. The van der Waals surface area contributed by atoms with E-state index in [0.717, 1.165) is 13.0 Å². The molecule has 0 amide bonds. The lowest BCUT2D eigenvalue weighted by molar-refractivity contribution is 0.135. The summed E-state index contributed by atoms with van der Waals surface area (Å²) in [4.78, 5) is 0. The van der Waals surface area contributed by atoms with Gasteiger partial charge in [0.05, 0.1) is 12.4 Å². The number of hydrogen-bond donors (Lipinski definition) is 0. The summed E-state index contributed by atoms with van der Waals surface area (Å²) in [5.74, 6) is 2.62. The molecule has 0 aromatic carbocycles. The molecule has 1 aliphatic heterocycles. The van der Waals surface area contributed by atoms with E-state index >= 15 is 0 Å². The van der Waals surface area contributed by atoms with Gasteiger partial charge in [-0.15, -0.1) is 0 Å². The zero-order valence-electron chi connectivity index (χ0n) is 8.76. The highest BCUT2D eigenvalue weighted by Gasteiger charge is 2.23. The highest BCUT2D eigenvalue weighted by Crippen LogP contribution is 2.35. The quantitative estimate of drug-likeness (QED) is 0.553. The van der Waals surface area contributed by atoms with Crippen LogP contribution in [0.4, 0.5) is 0 Å². The fourth-order valence-corrected chi connectivity index (χ4v) is 2.07. The lowest BCUT2D eigenvalue weighted by atomic mass is 9.85. The molecule has 1 nitrogen and oxygen atoms in total. The fourth-order valence-electron chi connectivity index (χ4n) is 2.07. The second-order valence-electron chi connectivity index (χ2n) is 4.56. The van der Waals surface area contributed by atoms with Gasteiger partial charge in [-0.2, -0.15) is 0 Å². The summed E-state index contributed by atoms with van der Waals surface area (Å²) in [7, 11) is 0. The summed E-state index contributed by atoms with van der Waals surface area (Å²) in [5, 5.41) is 0. The van der Waals surface area contributed by atoms with Gasteiger partial charge in [-0.1, -0.05) is 25.5 Å². The summed E-state index contributed by atoms with van der Waals surface area (Å²) >= 11 is 0. The van der Waals surface area contributed by atoms with E-state index < -0.39 is 0 Å². The second-order valence-corrected chi connectivity index (χ2v) is 4.56. The van der Waals surface area contributed by atoms with Gasteiger partial charge in [0.15, 0.2) is 0 Å². The van der Waals surface area contributed by atoms with Crippen LogP contribution in [0.1, 0.15) is 33.6 Å². The molecule has 0 radical (unpaired) electrons. The molecule has 0 bridgehead atoms. The molecule has 72 valence electrons. The van der Waals surface area contributed by atoms with Gasteiger partial charge in [0.25, 0.3) is 0 Å². The van der Waals surface area contributed by atoms with Crippen molar-refractivity contribution in [3.63, 3.8) is 0 Å². The Labute approximate surface area is 80.5 Å². The van der Waals surface area contributed by atoms with Crippen LogP contribution < -0.4 is 0 Å². The van der Waals surface area contributed by atoms with E-state index in [1.54, 1.807) is 0 Å². The number of hydrogen-bond acceptors (Lipinski definition) is 1. The molecule has 0 spiro atoms. The largest absolute Gasteiger partial charge is 0.497 e. The predicted octanol–water partition coefficient (Wildman–Crippen LogP) is 3.28. The highest BCUT2D eigenvalue weighted by atomic mass is 16.5. The van der Waals surface area contributed by atoms with Crippen LogP contribution in [0.15, 0.2) is 23.0 Å². The molecule has 0 aromatic rings. The van der Waals surface area contributed by atoms with Crippen LogP contribution in [0.2, 0.25) is 0 Å². The molecule has 13 heavy (non-hydrogen) atoms. The molecular formula is C12H18O. The standard InChI is InChI=1S/C12H18O/c1-8-4-11-5-9(2)10(3)6-12(11)13-7-8/h5,8,10H,4,6-7H2,1-3H3. The van der Waals surface area contributed by atoms with Crippen LogP contribution in [0.3, 0.4) is 0 Å². The van der Waals surface area contributed by atoms with E-state index in [-0.39, 0.29) is 0 Å². The van der Waals surface area contributed by atoms with Gasteiger partial charge >= 0.3 is 0 Å². The Morgan fingerprint density at radius 1 is 1.31 bits per heavy atom. The van der Waals surface area contributed by atoms with Crippen molar-refractivity contribution >= 4 is 0 Å². The number of ether oxygens (including phenoxy) is 1. The Morgan fingerprint density at radius 2 is 2.08 bits per heavy atom. The van der Waals surface area contributed by atoms with Gasteiger partial charge in [0.1, 0.15) is 0 Å². The Hall–Kier alpha value is -0.720. The Bertz CT molecular complexity index is 273. The van der Waals surface area contributed by atoms with Gasteiger partial charge in [-0.05, 0) is 30.8 Å². The van der Waals surface area contributed by atoms with Crippen LogP contribution >= 0.6 is 0 Å². The van der Waals surface area contributed by atoms with Crippen molar-refractivity contribution in [2.24, 2.45) is 11.8 Å². The molecule has 2 unspecified atom stereocenters. The molecule has 2 atom stereocenters. The summed E-state index contributed by atoms with van der Waals surface area (Å²) in [6.45, 7) is 7.67. The fraction of sp³-hybridized carbons (Fsp3) is 0.667. The summed E-state index contributed by atoms with van der Waals surface area (Å²) < 4.78 is 5.75. The minimum atomic E-state index is 0.673. The third-order valence-electron chi connectivity index (χ3n) is 3.14. The van der Waals surface area contributed by atoms with E-state index in [1.807, 2.05) is 0 Å². The topological polar surface area (TPSA) is 9.23 Å². The zero-order valence-corrected chi connectivity index (χ0v) is 8.76. The van der Waals surface area contributed by atoms with E-state index in [4.69, 9.17) is 4.74 Å². The molecule has 1 aliphatic carbocycles. The van der Waals surface area contributed by atoms with Crippen molar-refractivity contribution in [2.45, 2.75) is 33.6 Å². The first kappa shape index (κ1) is 8.86. The summed E-state index contributed by atoms with van der Waals surface area (Å²) in [6.07, 6.45) is 4.66.